The van der Waals surface area contributed by atoms with Gasteiger partial charge in [0, 0.05) is 12.3 Å². The monoisotopic (exact) mass is 156 g/mol. The molecule has 0 aromatic rings. The zero-order valence-corrected chi connectivity index (χ0v) is 5.91. The number of rotatable bonds is 1. The van der Waals surface area contributed by atoms with Crippen LogP contribution in [-0.2, 0) is 4.57 Å². The van der Waals surface area contributed by atoms with E-state index in [9.17, 15) is 9.46 Å². The van der Waals surface area contributed by atoms with Crippen LogP contribution < -0.4 is 10.3 Å². The summed E-state index contributed by atoms with van der Waals surface area (Å²) in [6.07, 6.45) is 6.16. The zero-order chi connectivity index (χ0) is 7.40. The second kappa shape index (κ2) is 3.25. The highest BCUT2D eigenvalue weighted by Crippen LogP contribution is 2.19. The van der Waals surface area contributed by atoms with Crippen molar-refractivity contribution in [1.29, 1.82) is 0 Å². The predicted molar refractivity (Wildman–Crippen MR) is 36.5 cm³/mol. The summed E-state index contributed by atoms with van der Waals surface area (Å²) < 4.78 is 10.3. The Bertz CT molecular complexity index is 232. The average Bonchev–Trinajstić information content (AvgIpc) is 2.12. The van der Waals surface area contributed by atoms with Gasteiger partial charge in [0.15, 0.2) is 0 Å². The Balaban J connectivity index is 2.78. The van der Waals surface area contributed by atoms with Crippen LogP contribution in [0.3, 0.4) is 0 Å². The number of hydrogen-bond acceptors (Lipinski definition) is 4. The largest absolute Gasteiger partial charge is 0.589 e. The molecule has 0 bridgehead atoms. The molecule has 0 aromatic carbocycles. The van der Waals surface area contributed by atoms with Crippen LogP contribution in [0.5, 0.6) is 0 Å². The van der Waals surface area contributed by atoms with Crippen molar-refractivity contribution in [3.63, 3.8) is 0 Å². The minimum absolute atomic E-state index is 0.111. The van der Waals surface area contributed by atoms with Crippen LogP contribution in [0.25, 0.3) is 0 Å². The van der Waals surface area contributed by atoms with Crippen molar-refractivity contribution in [2.24, 2.45) is 5.10 Å². The molecule has 1 N–H and O–H groups in total. The Morgan fingerprint density at radius 1 is 1.60 bits per heavy atom. The van der Waals surface area contributed by atoms with E-state index in [1.807, 2.05) is 0 Å². The number of allylic oxidation sites excluding steroid dienone is 3. The van der Waals surface area contributed by atoms with E-state index in [2.05, 4.69) is 10.5 Å². The normalized spacial score (nSPS) is 17.3. The summed E-state index contributed by atoms with van der Waals surface area (Å²) in [6, 6.07) is 0. The van der Waals surface area contributed by atoms with E-state index in [1.165, 1.54) is 12.3 Å². The van der Waals surface area contributed by atoms with Crippen LogP contribution >= 0.6 is 8.03 Å². The molecular weight excluding hydrogens is 151 g/mol. The van der Waals surface area contributed by atoms with Gasteiger partial charge in [-0.3, -0.25) is 0 Å². The minimum Gasteiger partial charge on any atom is -0.589 e. The van der Waals surface area contributed by atoms with Crippen LogP contribution in [0.2, 0.25) is 0 Å². The molecule has 1 aliphatic heterocycles. The summed E-state index contributed by atoms with van der Waals surface area (Å²) >= 11 is 0. The molecule has 0 saturated carbocycles. The molecule has 0 saturated heterocycles. The lowest BCUT2D eigenvalue weighted by Crippen LogP contribution is -2.04. The Kier molecular flexibility index (Phi) is 2.31. The first-order valence-electron chi connectivity index (χ1n) is 2.61. The molecule has 0 aliphatic carbocycles. The zero-order valence-electron chi connectivity index (χ0n) is 5.02. The molecular formula is C5H5N2O2P. The Labute approximate surface area is 58.8 Å². The van der Waals surface area contributed by atoms with Crippen molar-refractivity contribution < 1.29 is 9.46 Å². The summed E-state index contributed by atoms with van der Waals surface area (Å²) in [6.45, 7) is 0. The fraction of sp³-hybridized carbons (Fsp3) is 0. The van der Waals surface area contributed by atoms with E-state index in [-0.39, 0.29) is 5.44 Å². The summed E-state index contributed by atoms with van der Waals surface area (Å²) in [5, 5.41) is 3.56. The van der Waals surface area contributed by atoms with Crippen molar-refractivity contribution in [2.45, 2.75) is 0 Å². The molecule has 52 valence electrons. The molecule has 1 atom stereocenters. The maximum absolute atomic E-state index is 10.3. The van der Waals surface area contributed by atoms with Crippen molar-refractivity contribution >= 4 is 14.2 Å². The van der Waals surface area contributed by atoms with Crippen LogP contribution in [-0.4, -0.2) is 6.21 Å². The number of nitrogens with zero attached hydrogens (tertiary/aromatic N) is 1. The number of nitrogens with one attached hydrogen (secondary N) is 1. The molecule has 0 fully saturated rings. The van der Waals surface area contributed by atoms with Gasteiger partial charge >= 0.3 is 8.03 Å². The molecule has 0 aromatic heterocycles. The maximum atomic E-state index is 10.3. The van der Waals surface area contributed by atoms with E-state index in [1.54, 1.807) is 12.2 Å². The quantitative estimate of drug-likeness (QED) is 0.546. The lowest BCUT2D eigenvalue weighted by atomic mass is 10.5. The standard InChI is InChI=1S/C5H5N2O2P/c8-10(9)5-3-1-2-4-6-7-5/h1-4,7H. The number of hydrazone groups is 1. The van der Waals surface area contributed by atoms with E-state index < -0.39 is 8.03 Å². The maximum Gasteiger partial charge on any atom is 0.368 e. The summed E-state index contributed by atoms with van der Waals surface area (Å²) in [7, 11) is -2.55. The number of hydrogen-bond donors (Lipinski definition) is 1. The van der Waals surface area contributed by atoms with Gasteiger partial charge < -0.3 is 4.89 Å². The fourth-order valence-electron chi connectivity index (χ4n) is 0.482. The van der Waals surface area contributed by atoms with Gasteiger partial charge in [0.25, 0.3) is 5.44 Å². The second-order valence-electron chi connectivity index (χ2n) is 1.58. The van der Waals surface area contributed by atoms with E-state index >= 15 is 0 Å². The molecule has 0 radical (unpaired) electrons. The van der Waals surface area contributed by atoms with Gasteiger partial charge in [0.05, 0.1) is 0 Å². The van der Waals surface area contributed by atoms with Gasteiger partial charge in [-0.2, -0.15) is 5.10 Å². The molecule has 5 heteroatoms. The first-order valence-corrected chi connectivity index (χ1v) is 3.79. The molecule has 0 spiro atoms. The van der Waals surface area contributed by atoms with E-state index in [4.69, 9.17) is 0 Å². The Morgan fingerprint density at radius 3 is 3.10 bits per heavy atom. The van der Waals surface area contributed by atoms with Crippen molar-refractivity contribution in [2.75, 3.05) is 0 Å². The summed E-state index contributed by atoms with van der Waals surface area (Å²) in [5.41, 5.74) is 2.46. The molecule has 0 amide bonds. The summed E-state index contributed by atoms with van der Waals surface area (Å²) in [5.74, 6) is 0. The second-order valence-corrected chi connectivity index (χ2v) is 2.58. The van der Waals surface area contributed by atoms with E-state index in [0.29, 0.717) is 0 Å². The average molecular weight is 156 g/mol. The Morgan fingerprint density at radius 2 is 2.40 bits per heavy atom. The topological polar surface area (TPSA) is 64.5 Å². The van der Waals surface area contributed by atoms with Gasteiger partial charge in [0.2, 0.25) is 0 Å². The molecule has 10 heavy (non-hydrogen) atoms. The first-order chi connectivity index (χ1) is 4.80. The SMILES string of the molecule is O=[P+]([O-])C1=CC=CC=NN1. The minimum atomic E-state index is -2.55. The van der Waals surface area contributed by atoms with Crippen LogP contribution in [0.4, 0.5) is 0 Å². The van der Waals surface area contributed by atoms with Crippen molar-refractivity contribution in [3.05, 3.63) is 23.7 Å². The lowest BCUT2D eigenvalue weighted by molar-refractivity contribution is -0.162. The fourth-order valence-corrected chi connectivity index (χ4v) is 0.829. The summed E-state index contributed by atoms with van der Waals surface area (Å²) in [4.78, 5) is 10.3. The lowest BCUT2D eigenvalue weighted by Gasteiger charge is -1.91. The third kappa shape index (κ3) is 1.76. The van der Waals surface area contributed by atoms with Crippen LogP contribution in [0, 0.1) is 0 Å². The molecule has 1 rings (SSSR count). The highest BCUT2D eigenvalue weighted by molar-refractivity contribution is 7.41. The molecule has 1 heterocycles. The van der Waals surface area contributed by atoms with Gasteiger partial charge in [-0.1, -0.05) is 10.6 Å². The third-order valence-electron chi connectivity index (χ3n) is 0.902. The van der Waals surface area contributed by atoms with Crippen LogP contribution in [0.15, 0.2) is 28.8 Å². The molecule has 4 nitrogen and oxygen atoms in total. The van der Waals surface area contributed by atoms with E-state index in [0.717, 1.165) is 0 Å². The molecule has 1 unspecified atom stereocenters. The first kappa shape index (κ1) is 7.12. The van der Waals surface area contributed by atoms with Crippen LogP contribution in [0.1, 0.15) is 0 Å². The van der Waals surface area contributed by atoms with Gasteiger partial charge in [-0.15, -0.1) is 0 Å². The highest BCUT2D eigenvalue weighted by atomic mass is 31.1. The third-order valence-corrected chi connectivity index (χ3v) is 1.54. The predicted octanol–water partition coefficient (Wildman–Crippen LogP) is 0.0757. The smallest absolute Gasteiger partial charge is 0.368 e. The van der Waals surface area contributed by atoms with Gasteiger partial charge in [-0.25, -0.2) is 5.43 Å². The highest BCUT2D eigenvalue weighted by Gasteiger charge is 2.09. The van der Waals surface area contributed by atoms with Gasteiger partial charge in [0.1, 0.15) is 0 Å². The van der Waals surface area contributed by atoms with Crippen molar-refractivity contribution in [3.8, 4) is 0 Å². The Hall–Kier alpha value is -0.990. The van der Waals surface area contributed by atoms with Crippen molar-refractivity contribution in [1.82, 2.24) is 5.43 Å². The molecule has 1 aliphatic rings. The van der Waals surface area contributed by atoms with Gasteiger partial charge in [-0.05, 0) is 6.08 Å².